The number of amides is 1. The Kier molecular flexibility index (Phi) is 5.95. The highest BCUT2D eigenvalue weighted by atomic mass is 32.2. The minimum absolute atomic E-state index is 0.146. The minimum atomic E-state index is -0.146. The first-order valence-corrected chi connectivity index (χ1v) is 10.5. The van der Waals surface area contributed by atoms with Crippen molar-refractivity contribution in [2.24, 2.45) is 0 Å². The Hall–Kier alpha value is -3.38. The van der Waals surface area contributed by atoms with Gasteiger partial charge >= 0.3 is 0 Å². The van der Waals surface area contributed by atoms with E-state index >= 15 is 0 Å². The standard InChI is InChI=1S/C24H22N4OS/c1-17-22(18(2)28(27-17)19-10-5-3-6-11-19)16-26-23(29)21-14-9-15-25-24(21)30-20-12-7-4-8-13-20/h3-15H,16H2,1-2H3,(H,26,29). The van der Waals surface area contributed by atoms with Crippen molar-refractivity contribution in [3.63, 3.8) is 0 Å². The molecular formula is C24H22N4OS. The van der Waals surface area contributed by atoms with E-state index in [9.17, 15) is 4.79 Å². The van der Waals surface area contributed by atoms with E-state index in [1.165, 1.54) is 11.8 Å². The molecule has 0 unspecified atom stereocenters. The molecule has 5 nitrogen and oxygen atoms in total. The van der Waals surface area contributed by atoms with Crippen molar-refractivity contribution in [2.45, 2.75) is 30.3 Å². The first-order chi connectivity index (χ1) is 14.6. The van der Waals surface area contributed by atoms with Crippen LogP contribution < -0.4 is 5.32 Å². The number of nitrogens with one attached hydrogen (secondary N) is 1. The summed E-state index contributed by atoms with van der Waals surface area (Å²) < 4.78 is 1.91. The summed E-state index contributed by atoms with van der Waals surface area (Å²) >= 11 is 1.48. The summed E-state index contributed by atoms with van der Waals surface area (Å²) in [5.41, 5.74) is 4.51. The van der Waals surface area contributed by atoms with Crippen molar-refractivity contribution >= 4 is 17.7 Å². The zero-order valence-corrected chi connectivity index (χ0v) is 17.7. The molecule has 1 N–H and O–H groups in total. The predicted octanol–water partition coefficient (Wildman–Crippen LogP) is 4.97. The molecule has 0 spiro atoms. The number of rotatable bonds is 6. The Morgan fingerprint density at radius 2 is 1.67 bits per heavy atom. The molecule has 0 saturated carbocycles. The zero-order chi connectivity index (χ0) is 20.9. The summed E-state index contributed by atoms with van der Waals surface area (Å²) in [6.07, 6.45) is 1.71. The lowest BCUT2D eigenvalue weighted by Crippen LogP contribution is -2.24. The van der Waals surface area contributed by atoms with Gasteiger partial charge < -0.3 is 5.32 Å². The molecule has 2 aromatic heterocycles. The average molecular weight is 415 g/mol. The molecule has 1 amide bonds. The van der Waals surface area contributed by atoms with Crippen LogP contribution in [0.25, 0.3) is 5.69 Å². The molecule has 4 rings (SSSR count). The predicted molar refractivity (Wildman–Crippen MR) is 119 cm³/mol. The van der Waals surface area contributed by atoms with Crippen LogP contribution in [-0.2, 0) is 6.54 Å². The van der Waals surface area contributed by atoms with Gasteiger partial charge in [-0.25, -0.2) is 9.67 Å². The zero-order valence-electron chi connectivity index (χ0n) is 16.9. The van der Waals surface area contributed by atoms with Gasteiger partial charge in [0.1, 0.15) is 5.03 Å². The molecule has 4 aromatic rings. The molecule has 2 heterocycles. The van der Waals surface area contributed by atoms with Gasteiger partial charge in [-0.1, -0.05) is 48.2 Å². The number of carbonyl (C=O) groups excluding carboxylic acids is 1. The highest BCUT2D eigenvalue weighted by Gasteiger charge is 2.17. The van der Waals surface area contributed by atoms with Crippen LogP contribution in [0.1, 0.15) is 27.3 Å². The molecule has 0 bridgehead atoms. The number of aryl methyl sites for hydroxylation is 1. The molecule has 2 aromatic carbocycles. The summed E-state index contributed by atoms with van der Waals surface area (Å²) in [7, 11) is 0. The minimum Gasteiger partial charge on any atom is -0.348 e. The van der Waals surface area contributed by atoms with Crippen LogP contribution in [0.5, 0.6) is 0 Å². The molecule has 6 heteroatoms. The van der Waals surface area contributed by atoms with Crippen molar-refractivity contribution in [1.29, 1.82) is 0 Å². The Bertz CT molecular complexity index is 1160. The number of aromatic nitrogens is 3. The maximum absolute atomic E-state index is 12.9. The van der Waals surface area contributed by atoms with E-state index in [0.717, 1.165) is 27.5 Å². The van der Waals surface area contributed by atoms with Crippen molar-refractivity contribution < 1.29 is 4.79 Å². The number of benzene rings is 2. The third kappa shape index (κ3) is 4.28. The molecule has 0 atom stereocenters. The largest absolute Gasteiger partial charge is 0.348 e. The number of para-hydroxylation sites is 1. The molecular weight excluding hydrogens is 392 g/mol. The van der Waals surface area contributed by atoms with E-state index in [1.54, 1.807) is 18.3 Å². The molecule has 0 fully saturated rings. The van der Waals surface area contributed by atoms with Gasteiger partial charge in [-0.15, -0.1) is 0 Å². The van der Waals surface area contributed by atoms with Gasteiger partial charge in [0.2, 0.25) is 0 Å². The SMILES string of the molecule is Cc1nn(-c2ccccc2)c(C)c1CNC(=O)c1cccnc1Sc1ccccc1. The third-order valence-corrected chi connectivity index (χ3v) is 5.87. The lowest BCUT2D eigenvalue weighted by molar-refractivity contribution is 0.0947. The maximum atomic E-state index is 12.9. The lowest BCUT2D eigenvalue weighted by atomic mass is 10.2. The highest BCUT2D eigenvalue weighted by Crippen LogP contribution is 2.28. The van der Waals surface area contributed by atoms with Crippen LogP contribution in [0.15, 0.2) is 88.9 Å². The summed E-state index contributed by atoms with van der Waals surface area (Å²) in [5.74, 6) is -0.146. The summed E-state index contributed by atoms with van der Waals surface area (Å²) in [4.78, 5) is 18.4. The molecule has 0 aliphatic carbocycles. The summed E-state index contributed by atoms with van der Waals surface area (Å²) in [6, 6.07) is 23.5. The van der Waals surface area contributed by atoms with Crippen LogP contribution in [0, 0.1) is 13.8 Å². The van der Waals surface area contributed by atoms with Crippen molar-refractivity contribution in [3.05, 3.63) is 102 Å². The Morgan fingerprint density at radius 3 is 2.40 bits per heavy atom. The second-order valence-corrected chi connectivity index (χ2v) is 7.91. The van der Waals surface area contributed by atoms with Gasteiger partial charge in [0.05, 0.1) is 16.9 Å². The van der Waals surface area contributed by atoms with Crippen LogP contribution in [0.3, 0.4) is 0 Å². The number of hydrogen-bond donors (Lipinski definition) is 1. The quantitative estimate of drug-likeness (QED) is 0.484. The molecule has 0 radical (unpaired) electrons. The summed E-state index contributed by atoms with van der Waals surface area (Å²) in [6.45, 7) is 4.40. The Labute approximate surface area is 180 Å². The first-order valence-electron chi connectivity index (χ1n) is 9.70. The van der Waals surface area contributed by atoms with Crippen LogP contribution in [0.4, 0.5) is 0 Å². The number of pyridine rings is 1. The molecule has 150 valence electrons. The molecule has 0 saturated heterocycles. The molecule has 30 heavy (non-hydrogen) atoms. The Morgan fingerprint density at radius 1 is 0.967 bits per heavy atom. The molecule has 0 aliphatic heterocycles. The monoisotopic (exact) mass is 414 g/mol. The van der Waals surface area contributed by atoms with Crippen LogP contribution >= 0.6 is 11.8 Å². The van der Waals surface area contributed by atoms with Gasteiger partial charge in [-0.2, -0.15) is 5.10 Å². The number of carbonyl (C=O) groups is 1. The van der Waals surface area contributed by atoms with E-state index in [0.29, 0.717) is 17.1 Å². The number of nitrogens with zero attached hydrogens (tertiary/aromatic N) is 3. The molecule has 0 aliphatic rings. The first kappa shape index (κ1) is 19.9. The fraction of sp³-hybridized carbons (Fsp3) is 0.125. The van der Waals surface area contributed by atoms with Gasteiger partial charge in [-0.05, 0) is 50.2 Å². The number of hydrogen-bond acceptors (Lipinski definition) is 4. The second-order valence-electron chi connectivity index (χ2n) is 6.85. The Balaban J connectivity index is 1.52. The fourth-order valence-corrected chi connectivity index (χ4v) is 4.16. The topological polar surface area (TPSA) is 59.8 Å². The van der Waals surface area contributed by atoms with Gasteiger partial charge in [-0.3, -0.25) is 4.79 Å². The van der Waals surface area contributed by atoms with Crippen molar-refractivity contribution in [2.75, 3.05) is 0 Å². The maximum Gasteiger partial charge on any atom is 0.254 e. The van der Waals surface area contributed by atoms with E-state index in [2.05, 4.69) is 15.4 Å². The average Bonchev–Trinajstić information content (AvgIpc) is 3.07. The van der Waals surface area contributed by atoms with Crippen LogP contribution in [0.2, 0.25) is 0 Å². The van der Waals surface area contributed by atoms with E-state index in [-0.39, 0.29) is 5.91 Å². The smallest absolute Gasteiger partial charge is 0.254 e. The lowest BCUT2D eigenvalue weighted by Gasteiger charge is -2.10. The van der Waals surface area contributed by atoms with Crippen molar-refractivity contribution in [1.82, 2.24) is 20.1 Å². The van der Waals surface area contributed by atoms with Gasteiger partial charge in [0.25, 0.3) is 5.91 Å². The fourth-order valence-electron chi connectivity index (χ4n) is 3.26. The second kappa shape index (κ2) is 8.97. The van der Waals surface area contributed by atoms with Crippen molar-refractivity contribution in [3.8, 4) is 5.69 Å². The van der Waals surface area contributed by atoms with E-state index in [1.807, 2.05) is 79.2 Å². The highest BCUT2D eigenvalue weighted by molar-refractivity contribution is 7.99. The van der Waals surface area contributed by atoms with Gasteiger partial charge in [0, 0.05) is 28.9 Å². The normalized spacial score (nSPS) is 10.7. The van der Waals surface area contributed by atoms with Gasteiger partial charge in [0.15, 0.2) is 0 Å². The summed E-state index contributed by atoms with van der Waals surface area (Å²) in [5, 5.41) is 8.39. The van der Waals surface area contributed by atoms with E-state index < -0.39 is 0 Å². The third-order valence-electron chi connectivity index (χ3n) is 4.84. The van der Waals surface area contributed by atoms with E-state index in [4.69, 9.17) is 0 Å². The van der Waals surface area contributed by atoms with Crippen LogP contribution in [-0.4, -0.2) is 20.7 Å².